The summed E-state index contributed by atoms with van der Waals surface area (Å²) in [5.74, 6) is 0.208. The molecule has 3 nitrogen and oxygen atoms in total. The van der Waals surface area contributed by atoms with Crippen LogP contribution in [-0.2, 0) is 4.79 Å². The molecule has 0 saturated heterocycles. The number of amides is 1. The molecule has 1 N–H and O–H groups in total. The summed E-state index contributed by atoms with van der Waals surface area (Å²) in [6.45, 7) is 7.41. The second kappa shape index (κ2) is 5.42. The van der Waals surface area contributed by atoms with E-state index in [1.54, 1.807) is 0 Å². The summed E-state index contributed by atoms with van der Waals surface area (Å²) in [6, 6.07) is 6.79. The van der Waals surface area contributed by atoms with Crippen LogP contribution >= 0.6 is 0 Å². The van der Waals surface area contributed by atoms with Gasteiger partial charge in [-0.3, -0.25) is 4.79 Å². The first kappa shape index (κ1) is 12.9. The maximum Gasteiger partial charge on any atom is 0.242 e. The predicted octanol–water partition coefficient (Wildman–Crippen LogP) is 2.73. The van der Waals surface area contributed by atoms with Crippen LogP contribution in [0.4, 0.5) is 5.69 Å². The Hall–Kier alpha value is -1.51. The van der Waals surface area contributed by atoms with Gasteiger partial charge in [-0.25, -0.2) is 0 Å². The minimum atomic E-state index is 0.208. The number of carbonyl (C=O) groups excluding carboxylic acids is 1. The number of anilines is 1. The molecule has 98 valence electrons. The third kappa shape index (κ3) is 3.25. The molecule has 0 atom stereocenters. The highest BCUT2D eigenvalue weighted by molar-refractivity contribution is 5.81. The highest BCUT2D eigenvalue weighted by atomic mass is 16.2. The molecule has 0 unspecified atom stereocenters. The molecule has 2 rings (SSSR count). The first-order valence-corrected chi connectivity index (χ1v) is 6.71. The van der Waals surface area contributed by atoms with Gasteiger partial charge in [0.2, 0.25) is 5.91 Å². The van der Waals surface area contributed by atoms with Crippen molar-refractivity contribution in [3.63, 3.8) is 0 Å². The maximum atomic E-state index is 12.1. The highest BCUT2D eigenvalue weighted by Crippen LogP contribution is 2.26. The standard InChI is InChI=1S/C15H22N2O/c1-4-17(14-5-6-14)15(18)10-16-13-8-11(2)7-12(3)9-13/h7-9,14,16H,4-6,10H2,1-3H3. The Bertz CT molecular complexity index is 418. The van der Waals surface area contributed by atoms with Gasteiger partial charge in [-0.1, -0.05) is 6.07 Å². The van der Waals surface area contributed by atoms with Gasteiger partial charge in [-0.2, -0.15) is 0 Å². The molecule has 0 aliphatic heterocycles. The maximum absolute atomic E-state index is 12.1. The molecule has 1 fully saturated rings. The van der Waals surface area contributed by atoms with Crippen molar-refractivity contribution in [2.45, 2.75) is 39.7 Å². The molecule has 0 radical (unpaired) electrons. The molecule has 3 heteroatoms. The molecule has 1 aliphatic rings. The molecule has 0 bridgehead atoms. The fraction of sp³-hybridized carbons (Fsp3) is 0.533. The van der Waals surface area contributed by atoms with E-state index in [1.807, 2.05) is 11.8 Å². The number of likely N-dealkylation sites (N-methyl/N-ethyl adjacent to an activating group) is 1. The van der Waals surface area contributed by atoms with E-state index in [0.29, 0.717) is 12.6 Å². The SMILES string of the molecule is CCN(C(=O)CNc1cc(C)cc(C)c1)C1CC1. The van der Waals surface area contributed by atoms with Gasteiger partial charge in [0.05, 0.1) is 6.54 Å². The van der Waals surface area contributed by atoms with Gasteiger partial charge < -0.3 is 10.2 Å². The van der Waals surface area contributed by atoms with Gasteiger partial charge in [0, 0.05) is 18.3 Å². The van der Waals surface area contributed by atoms with Crippen LogP contribution in [0.2, 0.25) is 0 Å². The van der Waals surface area contributed by atoms with Crippen molar-refractivity contribution < 1.29 is 4.79 Å². The fourth-order valence-electron chi connectivity index (χ4n) is 2.38. The van der Waals surface area contributed by atoms with Crippen LogP contribution in [0.25, 0.3) is 0 Å². The number of nitrogens with zero attached hydrogens (tertiary/aromatic N) is 1. The van der Waals surface area contributed by atoms with Crippen LogP contribution in [-0.4, -0.2) is 29.9 Å². The minimum Gasteiger partial charge on any atom is -0.376 e. The Morgan fingerprint density at radius 2 is 1.89 bits per heavy atom. The van der Waals surface area contributed by atoms with E-state index in [4.69, 9.17) is 0 Å². The van der Waals surface area contributed by atoms with Crippen molar-refractivity contribution in [1.29, 1.82) is 0 Å². The quantitative estimate of drug-likeness (QED) is 0.866. The summed E-state index contributed by atoms with van der Waals surface area (Å²) in [5, 5.41) is 3.23. The zero-order valence-corrected chi connectivity index (χ0v) is 11.5. The normalized spacial score (nSPS) is 14.4. The number of hydrogen-bond acceptors (Lipinski definition) is 2. The van der Waals surface area contributed by atoms with Gasteiger partial charge in [0.15, 0.2) is 0 Å². The van der Waals surface area contributed by atoms with Crippen molar-refractivity contribution in [2.24, 2.45) is 0 Å². The second-order valence-electron chi connectivity index (χ2n) is 5.14. The largest absolute Gasteiger partial charge is 0.376 e. The monoisotopic (exact) mass is 246 g/mol. The van der Waals surface area contributed by atoms with E-state index in [9.17, 15) is 4.79 Å². The Morgan fingerprint density at radius 1 is 1.28 bits per heavy atom. The van der Waals surface area contributed by atoms with Crippen LogP contribution in [0, 0.1) is 13.8 Å². The number of rotatable bonds is 5. The lowest BCUT2D eigenvalue weighted by atomic mass is 10.1. The summed E-state index contributed by atoms with van der Waals surface area (Å²) >= 11 is 0. The van der Waals surface area contributed by atoms with Crippen molar-refractivity contribution in [3.05, 3.63) is 29.3 Å². The first-order chi connectivity index (χ1) is 8.60. The van der Waals surface area contributed by atoms with Crippen molar-refractivity contribution in [1.82, 2.24) is 4.90 Å². The summed E-state index contributed by atoms with van der Waals surface area (Å²) in [5.41, 5.74) is 3.48. The van der Waals surface area contributed by atoms with Gasteiger partial charge in [0.25, 0.3) is 0 Å². The number of carbonyl (C=O) groups is 1. The van der Waals surface area contributed by atoms with E-state index >= 15 is 0 Å². The molecule has 1 amide bonds. The molecule has 1 saturated carbocycles. The van der Waals surface area contributed by atoms with E-state index < -0.39 is 0 Å². The summed E-state index contributed by atoms with van der Waals surface area (Å²) in [7, 11) is 0. The van der Waals surface area contributed by atoms with Gasteiger partial charge in [-0.05, 0) is 56.9 Å². The van der Waals surface area contributed by atoms with Crippen molar-refractivity contribution in [2.75, 3.05) is 18.4 Å². The molecule has 1 aromatic carbocycles. The molecular formula is C15H22N2O. The number of hydrogen-bond donors (Lipinski definition) is 1. The lowest BCUT2D eigenvalue weighted by Crippen LogP contribution is -2.37. The molecule has 0 spiro atoms. The summed E-state index contributed by atoms with van der Waals surface area (Å²) in [4.78, 5) is 14.0. The topological polar surface area (TPSA) is 32.3 Å². The van der Waals surface area contributed by atoms with E-state index in [2.05, 4.69) is 37.4 Å². The summed E-state index contributed by atoms with van der Waals surface area (Å²) < 4.78 is 0. The number of aryl methyl sites for hydroxylation is 2. The highest BCUT2D eigenvalue weighted by Gasteiger charge is 2.30. The zero-order chi connectivity index (χ0) is 13.1. The van der Waals surface area contributed by atoms with Gasteiger partial charge >= 0.3 is 0 Å². The minimum absolute atomic E-state index is 0.208. The smallest absolute Gasteiger partial charge is 0.242 e. The van der Waals surface area contributed by atoms with E-state index in [0.717, 1.165) is 12.2 Å². The number of nitrogens with one attached hydrogen (secondary N) is 1. The Balaban J connectivity index is 1.92. The molecule has 0 aromatic heterocycles. The van der Waals surface area contributed by atoms with Crippen LogP contribution in [0.15, 0.2) is 18.2 Å². The summed E-state index contributed by atoms with van der Waals surface area (Å²) in [6.07, 6.45) is 2.34. The van der Waals surface area contributed by atoms with Crippen molar-refractivity contribution in [3.8, 4) is 0 Å². The third-order valence-electron chi connectivity index (χ3n) is 3.31. The van der Waals surface area contributed by atoms with Crippen LogP contribution < -0.4 is 5.32 Å². The van der Waals surface area contributed by atoms with Gasteiger partial charge in [0.1, 0.15) is 0 Å². The third-order valence-corrected chi connectivity index (χ3v) is 3.31. The Labute approximate surface area is 109 Å². The molecule has 18 heavy (non-hydrogen) atoms. The number of benzene rings is 1. The van der Waals surface area contributed by atoms with E-state index in [1.165, 1.54) is 24.0 Å². The van der Waals surface area contributed by atoms with Crippen LogP contribution in [0.5, 0.6) is 0 Å². The Kier molecular flexibility index (Phi) is 3.90. The van der Waals surface area contributed by atoms with E-state index in [-0.39, 0.29) is 5.91 Å². The van der Waals surface area contributed by atoms with Gasteiger partial charge in [-0.15, -0.1) is 0 Å². The van der Waals surface area contributed by atoms with Crippen molar-refractivity contribution >= 4 is 11.6 Å². The van der Waals surface area contributed by atoms with Crippen LogP contribution in [0.1, 0.15) is 30.9 Å². The average molecular weight is 246 g/mol. The molecular weight excluding hydrogens is 224 g/mol. The average Bonchev–Trinajstić information content (AvgIpc) is 3.10. The predicted molar refractivity (Wildman–Crippen MR) is 74.8 cm³/mol. The molecule has 0 heterocycles. The van der Waals surface area contributed by atoms with Crippen LogP contribution in [0.3, 0.4) is 0 Å². The second-order valence-corrected chi connectivity index (χ2v) is 5.14. The zero-order valence-electron chi connectivity index (χ0n) is 11.5. The molecule has 1 aliphatic carbocycles. The lowest BCUT2D eigenvalue weighted by molar-refractivity contribution is -0.129. The Morgan fingerprint density at radius 3 is 2.39 bits per heavy atom. The lowest BCUT2D eigenvalue weighted by Gasteiger charge is -2.21. The molecule has 1 aromatic rings. The first-order valence-electron chi connectivity index (χ1n) is 6.71. The fourth-order valence-corrected chi connectivity index (χ4v) is 2.38.